The van der Waals surface area contributed by atoms with Crippen molar-refractivity contribution >= 4 is 45.2 Å². The molecule has 2 aromatic heterocycles. The average molecular weight is 915 g/mol. The number of aryl methyl sites for hydroxylation is 1. The number of halogens is 3. The van der Waals surface area contributed by atoms with Gasteiger partial charge in [-0.1, -0.05) is 55.8 Å². The maximum Gasteiger partial charge on any atom is 0.411 e. The lowest BCUT2D eigenvalue weighted by molar-refractivity contribution is -0.222. The summed E-state index contributed by atoms with van der Waals surface area (Å²) in [6.07, 6.45) is -1.19. The van der Waals surface area contributed by atoms with Gasteiger partial charge in [0.05, 0.1) is 17.0 Å². The molecule has 3 aromatic rings. The highest BCUT2D eigenvalue weighted by Gasteiger charge is 2.64. The summed E-state index contributed by atoms with van der Waals surface area (Å²) in [4.78, 5) is 67.4. The molecule has 0 spiro atoms. The molecule has 2 aliphatic carbocycles. The highest BCUT2D eigenvalue weighted by Crippen LogP contribution is 2.48. The first-order valence-corrected chi connectivity index (χ1v) is 23.4. The van der Waals surface area contributed by atoms with Crippen molar-refractivity contribution in [2.24, 2.45) is 17.8 Å². The Bertz CT molecular complexity index is 2390. The molecule has 7 rings (SSSR count). The van der Waals surface area contributed by atoms with Crippen LogP contribution in [0.15, 0.2) is 60.1 Å². The number of pyridine rings is 1. The Morgan fingerprint density at radius 2 is 1.76 bits per heavy atom. The van der Waals surface area contributed by atoms with Crippen molar-refractivity contribution in [3.8, 4) is 27.7 Å². The SMILES string of the molecule is Cc1ccc(-c2cc(O[C@@H]3C[C@H]4C(=O)N[C@]5(C(=O)NS(=O)(=O)C6(C)CC6)C[C@H]5C=CCC[C@@H](C)C[C@@H](C)[C@H](N(C(=O)O)C(C)(C)C(F)(F)F)C(=O)N4C3)cc(-c3nccs3)n2)cc1. The van der Waals surface area contributed by atoms with Gasteiger partial charge < -0.3 is 20.1 Å². The number of hydrogen-bond acceptors (Lipinski definition) is 10. The molecule has 2 aliphatic heterocycles. The van der Waals surface area contributed by atoms with Gasteiger partial charge in [0, 0.05) is 41.6 Å². The number of nitrogens with one attached hydrogen (secondary N) is 2. The fraction of sp³-hybridized carbons (Fsp3) is 0.545. The van der Waals surface area contributed by atoms with Crippen molar-refractivity contribution in [2.75, 3.05) is 6.54 Å². The standard InChI is InChI=1S/C44H53F3N6O8S2/c1-25-11-13-28(14-12-25)32-20-30(21-33(49-32)37-48-17-18-62-37)61-31-22-34-36(54)50-43(39(56)51-63(59,60)42(6)15-16-42)23-29(43)10-8-7-9-26(2)19-27(3)35(38(55)52(34)24-31)53(40(57)58)41(4,5)44(45,46)47/h8,10-14,17-18,20-21,26-27,29,31,34-35H,7,9,15-16,19,22-24H2,1-6H3,(H,50,54)(H,51,56)(H,57,58)/t26-,27-,29-,31-,34+,35+,43-/m1/s1. The lowest BCUT2D eigenvalue weighted by Crippen LogP contribution is -2.66. The van der Waals surface area contributed by atoms with Crippen LogP contribution in [0.25, 0.3) is 22.0 Å². The Kier molecular flexibility index (Phi) is 12.3. The van der Waals surface area contributed by atoms with Crippen LogP contribution in [0.4, 0.5) is 18.0 Å². The zero-order valence-electron chi connectivity index (χ0n) is 35.9. The summed E-state index contributed by atoms with van der Waals surface area (Å²) in [6.45, 7) is 7.91. The first-order valence-electron chi connectivity index (χ1n) is 21.1. The number of thiazole rings is 1. The molecule has 2 saturated carbocycles. The fourth-order valence-electron chi connectivity index (χ4n) is 8.68. The maximum atomic E-state index is 15.2. The van der Waals surface area contributed by atoms with Crippen molar-refractivity contribution in [1.82, 2.24) is 29.8 Å². The van der Waals surface area contributed by atoms with Crippen molar-refractivity contribution in [3.63, 3.8) is 0 Å². The largest absolute Gasteiger partial charge is 0.488 e. The van der Waals surface area contributed by atoms with Crippen LogP contribution >= 0.6 is 11.3 Å². The van der Waals surface area contributed by atoms with E-state index < -0.39 is 85.9 Å². The van der Waals surface area contributed by atoms with Gasteiger partial charge in [-0.3, -0.25) is 24.0 Å². The third-order valence-electron chi connectivity index (χ3n) is 13.1. The number of hydrogen-bond donors (Lipinski definition) is 3. The van der Waals surface area contributed by atoms with E-state index >= 15 is 4.79 Å². The van der Waals surface area contributed by atoms with Crippen molar-refractivity contribution in [3.05, 3.63) is 65.7 Å². The fourth-order valence-corrected chi connectivity index (χ4v) is 10.6. The van der Waals surface area contributed by atoms with Crippen LogP contribution in [0.1, 0.15) is 85.1 Å². The minimum atomic E-state index is -5.10. The second-order valence-electron chi connectivity index (χ2n) is 18.4. The van der Waals surface area contributed by atoms with Gasteiger partial charge in [0.15, 0.2) is 0 Å². The summed E-state index contributed by atoms with van der Waals surface area (Å²) >= 11 is 1.35. The number of aromatic nitrogens is 2. The van der Waals surface area contributed by atoms with Crippen LogP contribution in [0, 0.1) is 24.7 Å². The number of amides is 4. The van der Waals surface area contributed by atoms with Crippen LogP contribution < -0.4 is 14.8 Å². The van der Waals surface area contributed by atoms with E-state index in [2.05, 4.69) is 15.0 Å². The average Bonchev–Trinajstić information content (AvgIpc) is 3.95. The molecule has 340 valence electrons. The predicted molar refractivity (Wildman–Crippen MR) is 229 cm³/mol. The summed E-state index contributed by atoms with van der Waals surface area (Å²) in [5, 5.41) is 15.7. The van der Waals surface area contributed by atoms with E-state index in [4.69, 9.17) is 9.72 Å². The second-order valence-corrected chi connectivity index (χ2v) is 21.5. The first kappa shape index (κ1) is 46.0. The Hall–Kier alpha value is -5.04. The molecule has 4 heterocycles. The molecule has 0 bridgehead atoms. The summed E-state index contributed by atoms with van der Waals surface area (Å²) in [6, 6.07) is 7.59. The summed E-state index contributed by atoms with van der Waals surface area (Å²) in [7, 11) is -4.13. The normalized spacial score (nSPS) is 27.5. The van der Waals surface area contributed by atoms with E-state index in [0.717, 1.165) is 16.0 Å². The van der Waals surface area contributed by atoms with E-state index in [0.29, 0.717) is 55.9 Å². The van der Waals surface area contributed by atoms with Gasteiger partial charge in [-0.15, -0.1) is 11.3 Å². The Balaban J connectivity index is 1.30. The molecular weight excluding hydrogens is 862 g/mol. The van der Waals surface area contributed by atoms with Gasteiger partial charge in [0.2, 0.25) is 21.8 Å². The van der Waals surface area contributed by atoms with Crippen LogP contribution in [0.5, 0.6) is 5.75 Å². The van der Waals surface area contributed by atoms with E-state index in [1.54, 1.807) is 29.8 Å². The molecule has 4 amide bonds. The zero-order valence-corrected chi connectivity index (χ0v) is 37.6. The summed E-state index contributed by atoms with van der Waals surface area (Å²) in [5.41, 5.74) is -1.97. The minimum absolute atomic E-state index is 0.0496. The number of alkyl halides is 3. The molecule has 3 fully saturated rings. The molecule has 14 nitrogen and oxygen atoms in total. The Morgan fingerprint density at radius 3 is 2.38 bits per heavy atom. The number of fused-ring (bicyclic) bond motifs is 2. The van der Waals surface area contributed by atoms with Crippen LogP contribution in [0.2, 0.25) is 0 Å². The van der Waals surface area contributed by atoms with Crippen molar-refractivity contribution in [2.45, 2.75) is 127 Å². The van der Waals surface area contributed by atoms with Gasteiger partial charge in [-0.05, 0) is 78.1 Å². The Morgan fingerprint density at radius 1 is 1.08 bits per heavy atom. The quantitative estimate of drug-likeness (QED) is 0.187. The molecule has 1 aromatic carbocycles. The second kappa shape index (κ2) is 16.8. The van der Waals surface area contributed by atoms with Crippen LogP contribution in [0.3, 0.4) is 0 Å². The molecule has 0 unspecified atom stereocenters. The van der Waals surface area contributed by atoms with Crippen LogP contribution in [-0.4, -0.2) is 104 Å². The third kappa shape index (κ3) is 9.17. The number of carboxylic acid groups (broad SMARTS) is 1. The molecule has 19 heteroatoms. The molecule has 3 N–H and O–H groups in total. The van der Waals surface area contributed by atoms with Crippen molar-refractivity contribution < 1.29 is 50.6 Å². The maximum absolute atomic E-state index is 15.2. The number of rotatable bonds is 9. The highest BCUT2D eigenvalue weighted by molar-refractivity contribution is 7.91. The number of carbonyl (C=O) groups is 4. The molecule has 0 radical (unpaired) electrons. The molecule has 63 heavy (non-hydrogen) atoms. The van der Waals surface area contributed by atoms with Gasteiger partial charge in [-0.25, -0.2) is 23.2 Å². The van der Waals surface area contributed by atoms with E-state index in [1.165, 1.54) is 25.2 Å². The van der Waals surface area contributed by atoms with Crippen molar-refractivity contribution in [1.29, 1.82) is 0 Å². The van der Waals surface area contributed by atoms with Gasteiger partial charge >= 0.3 is 12.3 Å². The number of ether oxygens (including phenoxy) is 1. The smallest absolute Gasteiger partial charge is 0.411 e. The summed E-state index contributed by atoms with van der Waals surface area (Å²) < 4.78 is 78.6. The van der Waals surface area contributed by atoms with Gasteiger partial charge in [-0.2, -0.15) is 13.2 Å². The number of benzene rings is 1. The van der Waals surface area contributed by atoms with E-state index in [-0.39, 0.29) is 42.4 Å². The third-order valence-corrected chi connectivity index (χ3v) is 16.0. The number of sulfonamides is 1. The first-order chi connectivity index (χ1) is 29.5. The highest BCUT2D eigenvalue weighted by atomic mass is 32.2. The number of allylic oxidation sites excluding steroid dienone is 1. The van der Waals surface area contributed by atoms with E-state index in [9.17, 15) is 41.1 Å². The lowest BCUT2D eigenvalue weighted by atomic mass is 9.85. The van der Waals surface area contributed by atoms with Crippen LogP contribution in [-0.2, 0) is 24.4 Å². The molecule has 1 saturated heterocycles. The number of carbonyl (C=O) groups excluding carboxylic acids is 3. The summed E-state index contributed by atoms with van der Waals surface area (Å²) in [5.74, 6) is -4.32. The molecular formula is C44H53F3N6O8S2. The van der Waals surface area contributed by atoms with E-state index in [1.807, 2.05) is 44.2 Å². The molecule has 7 atom stereocenters. The monoisotopic (exact) mass is 914 g/mol. The zero-order chi connectivity index (χ0) is 45.9. The topological polar surface area (TPSA) is 188 Å². The van der Waals surface area contributed by atoms with Gasteiger partial charge in [0.25, 0.3) is 5.91 Å². The predicted octanol–water partition coefficient (Wildman–Crippen LogP) is 7.10. The number of nitrogens with zero attached hydrogens (tertiary/aromatic N) is 4. The molecule has 4 aliphatic rings. The Labute approximate surface area is 368 Å². The lowest BCUT2D eigenvalue weighted by Gasteiger charge is -2.45. The minimum Gasteiger partial charge on any atom is -0.488 e. The van der Waals surface area contributed by atoms with Gasteiger partial charge in [0.1, 0.15) is 45.7 Å².